The van der Waals surface area contributed by atoms with Crippen LogP contribution in [0.1, 0.15) is 46.0 Å². The Morgan fingerprint density at radius 1 is 1.39 bits per heavy atom. The monoisotopic (exact) mass is 405 g/mol. The number of aromatic nitrogens is 2. The van der Waals surface area contributed by atoms with Gasteiger partial charge in [0.1, 0.15) is 17.7 Å². The van der Waals surface area contributed by atoms with Crippen LogP contribution in [-0.2, 0) is 4.79 Å². The normalized spacial score (nSPS) is 23.6. The van der Waals surface area contributed by atoms with Crippen LogP contribution in [0, 0.1) is 0 Å². The number of carbonyl (C=O) groups is 1. The number of hydrogen-bond acceptors (Lipinski definition) is 7. The molecule has 1 aromatic heterocycles. The van der Waals surface area contributed by atoms with E-state index >= 15 is 0 Å². The minimum atomic E-state index is -1.06. The number of aliphatic hydroxyl groups is 1. The standard InChI is InChI=1S/C19H24ClN5O3/c1-11(2)28-14-9-21-10-22-16(14)23-13-8-12(20)15-17(26)24-19(25(15)18(13)27)6-4-3-5-7-19/h8-11,18,27H,3-7H2,1-2H3,(H,24,26)(H,21,22,23). The molecule has 1 aromatic rings. The molecule has 8 nitrogen and oxygen atoms in total. The summed E-state index contributed by atoms with van der Waals surface area (Å²) in [7, 11) is 0. The number of hydrogen-bond donors (Lipinski definition) is 3. The van der Waals surface area contributed by atoms with Gasteiger partial charge >= 0.3 is 0 Å². The predicted octanol–water partition coefficient (Wildman–Crippen LogP) is 2.43. The molecular weight excluding hydrogens is 382 g/mol. The molecule has 28 heavy (non-hydrogen) atoms. The highest BCUT2D eigenvalue weighted by Crippen LogP contribution is 2.44. The zero-order valence-corrected chi connectivity index (χ0v) is 16.7. The van der Waals surface area contributed by atoms with Gasteiger partial charge in [-0.2, -0.15) is 0 Å². The topological polar surface area (TPSA) is 99.6 Å². The maximum atomic E-state index is 12.6. The number of allylic oxidation sites excluding steroid dienone is 2. The third-order valence-corrected chi connectivity index (χ3v) is 5.57. The van der Waals surface area contributed by atoms with Crippen molar-refractivity contribution in [3.63, 3.8) is 0 Å². The van der Waals surface area contributed by atoms with Gasteiger partial charge in [0.05, 0.1) is 23.0 Å². The van der Waals surface area contributed by atoms with Crippen LogP contribution in [0.25, 0.3) is 0 Å². The van der Waals surface area contributed by atoms with Gasteiger partial charge in [-0.25, -0.2) is 9.97 Å². The van der Waals surface area contributed by atoms with Crippen molar-refractivity contribution in [1.82, 2.24) is 20.2 Å². The molecule has 1 amide bonds. The molecular formula is C19H24ClN5O3. The molecule has 1 spiro atoms. The smallest absolute Gasteiger partial charge is 0.271 e. The first-order valence-corrected chi connectivity index (χ1v) is 9.94. The van der Waals surface area contributed by atoms with Crippen LogP contribution in [0.5, 0.6) is 5.75 Å². The van der Waals surface area contributed by atoms with Crippen LogP contribution in [0.4, 0.5) is 5.82 Å². The molecule has 3 aliphatic rings. The number of fused-ring (bicyclic) bond motifs is 2. The third-order valence-electron chi connectivity index (χ3n) is 5.28. The molecule has 2 aliphatic heterocycles. The summed E-state index contributed by atoms with van der Waals surface area (Å²) in [6.07, 6.45) is 8.05. The minimum absolute atomic E-state index is 0.0576. The van der Waals surface area contributed by atoms with Gasteiger partial charge in [0.25, 0.3) is 5.91 Å². The van der Waals surface area contributed by atoms with E-state index in [4.69, 9.17) is 16.3 Å². The maximum absolute atomic E-state index is 12.6. The van der Waals surface area contributed by atoms with Crippen molar-refractivity contribution in [2.45, 2.75) is 63.9 Å². The fourth-order valence-corrected chi connectivity index (χ4v) is 4.44. The van der Waals surface area contributed by atoms with Crippen LogP contribution >= 0.6 is 11.6 Å². The van der Waals surface area contributed by atoms with E-state index in [2.05, 4.69) is 20.6 Å². The highest BCUT2D eigenvalue weighted by atomic mass is 35.5. The number of carbonyl (C=O) groups excluding carboxylic acids is 1. The van der Waals surface area contributed by atoms with E-state index in [-0.39, 0.29) is 17.0 Å². The maximum Gasteiger partial charge on any atom is 0.271 e. The first-order valence-electron chi connectivity index (χ1n) is 9.56. The lowest BCUT2D eigenvalue weighted by molar-refractivity contribution is -0.117. The average molecular weight is 406 g/mol. The molecule has 3 heterocycles. The summed E-state index contributed by atoms with van der Waals surface area (Å²) in [5.41, 5.74) is 0.152. The lowest BCUT2D eigenvalue weighted by Gasteiger charge is -2.45. The van der Waals surface area contributed by atoms with Crippen molar-refractivity contribution in [3.05, 3.63) is 35.0 Å². The fraction of sp³-hybridized carbons (Fsp3) is 0.526. The molecule has 4 rings (SSSR count). The molecule has 0 radical (unpaired) electrons. The number of halogens is 1. The van der Waals surface area contributed by atoms with E-state index in [9.17, 15) is 9.90 Å². The average Bonchev–Trinajstić information content (AvgIpc) is 2.93. The predicted molar refractivity (Wildman–Crippen MR) is 104 cm³/mol. The highest BCUT2D eigenvalue weighted by Gasteiger charge is 2.53. The summed E-state index contributed by atoms with van der Waals surface area (Å²) < 4.78 is 5.74. The van der Waals surface area contributed by atoms with Crippen molar-refractivity contribution in [3.8, 4) is 5.75 Å². The van der Waals surface area contributed by atoms with Crippen LogP contribution in [-0.4, -0.2) is 43.9 Å². The number of nitrogens with one attached hydrogen (secondary N) is 2. The summed E-state index contributed by atoms with van der Waals surface area (Å²) in [5.74, 6) is 0.657. The molecule has 150 valence electrons. The van der Waals surface area contributed by atoms with Gasteiger partial charge in [-0.15, -0.1) is 0 Å². The first-order chi connectivity index (χ1) is 13.4. The summed E-state index contributed by atoms with van der Waals surface area (Å²) in [5, 5.41) is 17.6. The van der Waals surface area contributed by atoms with E-state index in [1.54, 1.807) is 17.2 Å². The number of amides is 1. The largest absolute Gasteiger partial charge is 0.485 e. The minimum Gasteiger partial charge on any atom is -0.485 e. The van der Waals surface area contributed by atoms with Crippen LogP contribution in [0.15, 0.2) is 35.0 Å². The molecule has 1 atom stereocenters. The Morgan fingerprint density at radius 2 is 2.14 bits per heavy atom. The number of nitrogens with zero attached hydrogens (tertiary/aromatic N) is 3. The number of rotatable bonds is 4. The van der Waals surface area contributed by atoms with E-state index in [1.807, 2.05) is 13.8 Å². The van der Waals surface area contributed by atoms with Crippen molar-refractivity contribution in [2.75, 3.05) is 5.32 Å². The summed E-state index contributed by atoms with van der Waals surface area (Å²) in [6.45, 7) is 3.82. The Morgan fingerprint density at radius 3 is 2.86 bits per heavy atom. The molecule has 1 unspecified atom stereocenters. The van der Waals surface area contributed by atoms with Gasteiger partial charge in [0.2, 0.25) is 0 Å². The fourth-order valence-electron chi connectivity index (χ4n) is 4.14. The lowest BCUT2D eigenvalue weighted by atomic mass is 9.87. The quantitative estimate of drug-likeness (QED) is 0.707. The van der Waals surface area contributed by atoms with Gasteiger partial charge in [-0.3, -0.25) is 4.79 Å². The lowest BCUT2D eigenvalue weighted by Crippen LogP contribution is -2.57. The number of ether oxygens (including phenoxy) is 1. The van der Waals surface area contributed by atoms with E-state index < -0.39 is 11.9 Å². The Balaban J connectivity index is 1.67. The molecule has 0 bridgehead atoms. The van der Waals surface area contributed by atoms with Crippen molar-refractivity contribution < 1.29 is 14.6 Å². The molecule has 3 N–H and O–H groups in total. The number of anilines is 1. The molecule has 2 fully saturated rings. The Bertz CT molecular complexity index is 848. The van der Waals surface area contributed by atoms with Crippen LogP contribution in [0.2, 0.25) is 0 Å². The van der Waals surface area contributed by atoms with Crippen molar-refractivity contribution in [2.24, 2.45) is 0 Å². The Hall–Kier alpha value is -2.32. The van der Waals surface area contributed by atoms with Gasteiger partial charge < -0.3 is 25.4 Å². The third kappa shape index (κ3) is 3.20. The zero-order valence-electron chi connectivity index (χ0n) is 15.9. The molecule has 1 aliphatic carbocycles. The first kappa shape index (κ1) is 19.0. The van der Waals surface area contributed by atoms with E-state index in [1.165, 1.54) is 6.33 Å². The van der Waals surface area contributed by atoms with Crippen LogP contribution < -0.4 is 15.4 Å². The Kier molecular flexibility index (Phi) is 4.93. The van der Waals surface area contributed by atoms with Gasteiger partial charge in [-0.1, -0.05) is 18.0 Å². The van der Waals surface area contributed by atoms with Gasteiger partial charge in [0.15, 0.2) is 17.8 Å². The second kappa shape index (κ2) is 7.25. The highest BCUT2D eigenvalue weighted by molar-refractivity contribution is 6.33. The SMILES string of the molecule is CC(C)Oc1cncnc1NC1=CC(Cl)=C2C(=O)NC3(CCCCC3)N2C1O. The van der Waals surface area contributed by atoms with Crippen LogP contribution in [0.3, 0.4) is 0 Å². The molecule has 1 saturated carbocycles. The van der Waals surface area contributed by atoms with Gasteiger partial charge in [0, 0.05) is 0 Å². The molecule has 1 saturated heterocycles. The number of aliphatic hydroxyl groups excluding tert-OH is 1. The van der Waals surface area contributed by atoms with E-state index in [0.29, 0.717) is 23.0 Å². The molecule has 0 aromatic carbocycles. The summed E-state index contributed by atoms with van der Waals surface area (Å²) in [4.78, 5) is 22.5. The van der Waals surface area contributed by atoms with E-state index in [0.717, 1.165) is 32.1 Å². The second-order valence-corrected chi connectivity index (χ2v) is 8.02. The molecule has 9 heteroatoms. The summed E-state index contributed by atoms with van der Waals surface area (Å²) >= 11 is 6.45. The summed E-state index contributed by atoms with van der Waals surface area (Å²) in [6, 6.07) is 0. The zero-order chi connectivity index (χ0) is 19.9. The van der Waals surface area contributed by atoms with Crippen molar-refractivity contribution in [1.29, 1.82) is 0 Å². The van der Waals surface area contributed by atoms with Crippen molar-refractivity contribution >= 4 is 23.3 Å². The van der Waals surface area contributed by atoms with Gasteiger partial charge in [-0.05, 0) is 45.6 Å². The second-order valence-electron chi connectivity index (χ2n) is 7.61. The Labute approximate surface area is 168 Å².